The Labute approximate surface area is 144 Å². The van der Waals surface area contributed by atoms with Crippen LogP contribution >= 0.6 is 11.8 Å². The lowest BCUT2D eigenvalue weighted by Gasteiger charge is -2.17. The second-order valence-electron chi connectivity index (χ2n) is 5.84. The molecule has 0 atom stereocenters. The molecule has 0 spiro atoms. The molecule has 1 amide bonds. The number of thioether (sulfide) groups is 1. The molecule has 0 unspecified atom stereocenters. The van der Waals surface area contributed by atoms with Crippen LogP contribution in [0.4, 0.5) is 10.1 Å². The van der Waals surface area contributed by atoms with E-state index in [2.05, 4.69) is 4.99 Å². The Bertz CT molecular complexity index is 760. The highest BCUT2D eigenvalue weighted by atomic mass is 32.2. The van der Waals surface area contributed by atoms with Crippen molar-refractivity contribution in [1.82, 2.24) is 5.06 Å². The van der Waals surface area contributed by atoms with Crippen LogP contribution in [0.1, 0.15) is 19.4 Å². The molecule has 0 aliphatic carbocycles. The molecule has 0 bridgehead atoms. The van der Waals surface area contributed by atoms with Gasteiger partial charge in [0.15, 0.2) is 5.17 Å². The summed E-state index contributed by atoms with van der Waals surface area (Å²) in [4.78, 5) is 22.7. The van der Waals surface area contributed by atoms with Crippen LogP contribution < -0.4 is 0 Å². The molecular formula is C18H17FN2O2S. The first-order chi connectivity index (χ1) is 11.5. The summed E-state index contributed by atoms with van der Waals surface area (Å²) >= 11 is 1.33. The lowest BCUT2D eigenvalue weighted by Crippen LogP contribution is -2.35. The van der Waals surface area contributed by atoms with E-state index in [9.17, 15) is 9.18 Å². The van der Waals surface area contributed by atoms with Crippen molar-refractivity contribution in [3.8, 4) is 0 Å². The third-order valence-electron chi connectivity index (χ3n) is 3.47. The van der Waals surface area contributed by atoms with Crippen molar-refractivity contribution >= 4 is 28.5 Å². The fourth-order valence-electron chi connectivity index (χ4n) is 2.17. The first-order valence-electron chi connectivity index (χ1n) is 7.50. The van der Waals surface area contributed by atoms with Crippen molar-refractivity contribution in [2.24, 2.45) is 4.99 Å². The van der Waals surface area contributed by atoms with Crippen molar-refractivity contribution in [1.29, 1.82) is 0 Å². The van der Waals surface area contributed by atoms with E-state index in [-0.39, 0.29) is 18.3 Å². The van der Waals surface area contributed by atoms with Crippen LogP contribution in [-0.2, 0) is 16.2 Å². The second kappa shape index (κ2) is 6.75. The van der Waals surface area contributed by atoms with Crippen LogP contribution in [0, 0.1) is 5.82 Å². The van der Waals surface area contributed by atoms with E-state index in [0.29, 0.717) is 10.9 Å². The van der Waals surface area contributed by atoms with Crippen LogP contribution in [0.5, 0.6) is 0 Å². The van der Waals surface area contributed by atoms with E-state index in [1.54, 1.807) is 12.1 Å². The van der Waals surface area contributed by atoms with Crippen LogP contribution in [0.3, 0.4) is 0 Å². The highest BCUT2D eigenvalue weighted by Crippen LogP contribution is 2.38. The summed E-state index contributed by atoms with van der Waals surface area (Å²) in [7, 11) is 0. The van der Waals surface area contributed by atoms with E-state index in [4.69, 9.17) is 4.84 Å². The molecule has 1 heterocycles. The maximum atomic E-state index is 13.0. The number of hydrogen-bond donors (Lipinski definition) is 0. The lowest BCUT2D eigenvalue weighted by atomic mass is 10.2. The van der Waals surface area contributed by atoms with Crippen LogP contribution in [0.25, 0.3) is 0 Å². The number of rotatable bonds is 4. The van der Waals surface area contributed by atoms with Crippen molar-refractivity contribution in [2.75, 3.05) is 0 Å². The summed E-state index contributed by atoms with van der Waals surface area (Å²) in [6.45, 7) is 3.92. The van der Waals surface area contributed by atoms with Crippen molar-refractivity contribution in [2.45, 2.75) is 25.2 Å². The van der Waals surface area contributed by atoms with Gasteiger partial charge in [-0.3, -0.25) is 9.63 Å². The molecule has 0 aromatic heterocycles. The number of carbonyl (C=O) groups excluding carboxylic acids is 1. The summed E-state index contributed by atoms with van der Waals surface area (Å²) in [5.74, 6) is -0.490. The smallest absolute Gasteiger partial charge is 0.268 e. The average molecular weight is 344 g/mol. The van der Waals surface area contributed by atoms with E-state index in [1.165, 1.54) is 29.0 Å². The molecule has 1 aliphatic heterocycles. The molecular weight excluding hydrogens is 327 g/mol. The van der Waals surface area contributed by atoms with Gasteiger partial charge in [-0.2, -0.15) is 5.06 Å². The van der Waals surface area contributed by atoms with Gasteiger partial charge in [0, 0.05) is 0 Å². The summed E-state index contributed by atoms with van der Waals surface area (Å²) in [5, 5.41) is 1.69. The average Bonchev–Trinajstić information content (AvgIpc) is 2.78. The topological polar surface area (TPSA) is 41.9 Å². The summed E-state index contributed by atoms with van der Waals surface area (Å²) in [5.41, 5.74) is 1.53. The van der Waals surface area contributed by atoms with Crippen LogP contribution in [0.2, 0.25) is 0 Å². The predicted octanol–water partition coefficient (Wildman–Crippen LogP) is 4.30. The Balaban J connectivity index is 1.82. The molecule has 4 nitrogen and oxygen atoms in total. The molecule has 3 rings (SSSR count). The van der Waals surface area contributed by atoms with Crippen LogP contribution in [0.15, 0.2) is 59.6 Å². The molecule has 2 aromatic carbocycles. The SMILES string of the molecule is CC1(C)SC(=Nc2ccc(F)cc2)N(OCc2ccccc2)C1=O. The fourth-order valence-corrected chi connectivity index (χ4v) is 3.16. The Kier molecular flexibility index (Phi) is 4.69. The Morgan fingerprint density at radius 1 is 1.12 bits per heavy atom. The Hall–Kier alpha value is -2.18. The van der Waals surface area contributed by atoms with Gasteiger partial charge in [0.25, 0.3) is 5.91 Å². The van der Waals surface area contributed by atoms with Gasteiger partial charge >= 0.3 is 0 Å². The quantitative estimate of drug-likeness (QED) is 0.830. The predicted molar refractivity (Wildman–Crippen MR) is 93.2 cm³/mol. The van der Waals surface area contributed by atoms with E-state index < -0.39 is 4.75 Å². The third-order valence-corrected chi connectivity index (χ3v) is 4.60. The monoisotopic (exact) mass is 344 g/mol. The van der Waals surface area contributed by atoms with Gasteiger partial charge in [0.2, 0.25) is 0 Å². The van der Waals surface area contributed by atoms with E-state index in [1.807, 2.05) is 44.2 Å². The van der Waals surface area contributed by atoms with Gasteiger partial charge < -0.3 is 0 Å². The van der Waals surface area contributed by atoms with Crippen LogP contribution in [-0.4, -0.2) is 20.9 Å². The molecule has 0 saturated carbocycles. The number of aliphatic imine (C=N–C) groups is 1. The Morgan fingerprint density at radius 3 is 2.46 bits per heavy atom. The zero-order valence-electron chi connectivity index (χ0n) is 13.4. The van der Waals surface area contributed by atoms with Gasteiger partial charge in [-0.1, -0.05) is 42.1 Å². The van der Waals surface area contributed by atoms with Gasteiger partial charge in [-0.15, -0.1) is 0 Å². The minimum absolute atomic E-state index is 0.163. The third kappa shape index (κ3) is 3.66. The molecule has 24 heavy (non-hydrogen) atoms. The van der Waals surface area contributed by atoms with Crippen molar-refractivity contribution < 1.29 is 14.0 Å². The highest BCUT2D eigenvalue weighted by molar-refractivity contribution is 8.16. The number of halogens is 1. The van der Waals surface area contributed by atoms with E-state index in [0.717, 1.165) is 5.56 Å². The van der Waals surface area contributed by atoms with Crippen molar-refractivity contribution in [3.05, 3.63) is 66.0 Å². The molecule has 1 fully saturated rings. The summed E-state index contributed by atoms with van der Waals surface area (Å²) in [6, 6.07) is 15.4. The first-order valence-corrected chi connectivity index (χ1v) is 8.32. The summed E-state index contributed by atoms with van der Waals surface area (Å²) < 4.78 is 12.4. The number of benzene rings is 2. The zero-order chi connectivity index (χ0) is 17.2. The maximum Gasteiger partial charge on any atom is 0.268 e. The Morgan fingerprint density at radius 2 is 1.79 bits per heavy atom. The van der Waals surface area contributed by atoms with Gasteiger partial charge in [-0.25, -0.2) is 9.38 Å². The zero-order valence-corrected chi connectivity index (χ0v) is 14.2. The number of amidine groups is 1. The molecule has 0 N–H and O–H groups in total. The summed E-state index contributed by atoms with van der Waals surface area (Å²) in [6.07, 6.45) is 0. The minimum atomic E-state index is -0.657. The number of amides is 1. The largest absolute Gasteiger partial charge is 0.270 e. The molecule has 2 aromatic rings. The highest BCUT2D eigenvalue weighted by Gasteiger charge is 2.45. The van der Waals surface area contributed by atoms with Gasteiger partial charge in [0.1, 0.15) is 12.4 Å². The molecule has 124 valence electrons. The molecule has 1 saturated heterocycles. The number of carbonyl (C=O) groups is 1. The molecule has 0 radical (unpaired) electrons. The molecule has 6 heteroatoms. The standard InChI is InChI=1S/C18H17FN2O2S/c1-18(2)16(22)21(23-12-13-6-4-3-5-7-13)17(24-18)20-15-10-8-14(19)9-11-15/h3-11H,12H2,1-2H3. The number of hydroxylamine groups is 2. The lowest BCUT2D eigenvalue weighted by molar-refractivity contribution is -0.166. The normalized spacial score (nSPS) is 18.4. The van der Waals surface area contributed by atoms with Gasteiger partial charge in [-0.05, 0) is 43.7 Å². The van der Waals surface area contributed by atoms with Crippen molar-refractivity contribution in [3.63, 3.8) is 0 Å². The number of nitrogens with zero attached hydrogens (tertiary/aromatic N) is 2. The fraction of sp³-hybridized carbons (Fsp3) is 0.222. The minimum Gasteiger partial charge on any atom is -0.270 e. The second-order valence-corrected chi connectivity index (χ2v) is 7.43. The molecule has 1 aliphatic rings. The van der Waals surface area contributed by atoms with E-state index >= 15 is 0 Å². The number of hydrogen-bond acceptors (Lipinski definition) is 4. The first kappa shape index (κ1) is 16.7. The van der Waals surface area contributed by atoms with Gasteiger partial charge in [0.05, 0.1) is 10.4 Å². The maximum absolute atomic E-state index is 13.0.